The summed E-state index contributed by atoms with van der Waals surface area (Å²) in [5.74, 6) is -0.219. The van der Waals surface area contributed by atoms with E-state index in [0.29, 0.717) is 17.2 Å². The van der Waals surface area contributed by atoms with Crippen LogP contribution in [0.3, 0.4) is 0 Å². The minimum Gasteiger partial charge on any atom is -0.497 e. The summed E-state index contributed by atoms with van der Waals surface area (Å²) in [5, 5.41) is 2.58. The minimum absolute atomic E-state index is 0.0166. The Bertz CT molecular complexity index is 918. The van der Waals surface area contributed by atoms with E-state index in [9.17, 15) is 17.6 Å². The Labute approximate surface area is 157 Å². The molecule has 0 saturated carbocycles. The lowest BCUT2D eigenvalue weighted by atomic mass is 10.2. The van der Waals surface area contributed by atoms with Gasteiger partial charge in [0.2, 0.25) is 10.0 Å². The minimum atomic E-state index is -3.66. The molecule has 2 aromatic carbocycles. The average molecular weight is 396 g/mol. The van der Waals surface area contributed by atoms with Crippen LogP contribution in [0.2, 0.25) is 0 Å². The fourth-order valence-electron chi connectivity index (χ4n) is 2.46. The van der Waals surface area contributed by atoms with Crippen LogP contribution < -0.4 is 19.1 Å². The number of methoxy groups -OCH3 is 2. The quantitative estimate of drug-likeness (QED) is 0.738. The van der Waals surface area contributed by atoms with Gasteiger partial charge in [-0.2, -0.15) is 0 Å². The van der Waals surface area contributed by atoms with Crippen molar-refractivity contribution in [3.05, 3.63) is 53.8 Å². The molecule has 2 rings (SSSR count). The first kappa shape index (κ1) is 20.5. The number of amides is 1. The van der Waals surface area contributed by atoms with E-state index in [-0.39, 0.29) is 18.7 Å². The molecule has 2 aromatic rings. The fourth-order valence-corrected chi connectivity index (χ4v) is 3.38. The van der Waals surface area contributed by atoms with Crippen molar-refractivity contribution in [2.24, 2.45) is 0 Å². The van der Waals surface area contributed by atoms with E-state index < -0.39 is 21.7 Å². The van der Waals surface area contributed by atoms with Crippen molar-refractivity contribution in [2.75, 3.05) is 37.9 Å². The summed E-state index contributed by atoms with van der Waals surface area (Å²) in [7, 11) is -0.762. The van der Waals surface area contributed by atoms with E-state index in [0.717, 1.165) is 16.6 Å². The van der Waals surface area contributed by atoms with Gasteiger partial charge in [0, 0.05) is 18.2 Å². The number of carbonyl (C=O) groups is 1. The molecule has 0 aliphatic rings. The standard InChI is InChI=1S/C18H21FN2O5S/c1-25-15-7-8-17(26-2)16(12-15)21(27(3,23)24)10-9-20-18(22)13-5-4-6-14(19)11-13/h4-8,11-12H,9-10H2,1-3H3,(H,20,22). The molecule has 0 aliphatic carbocycles. The fraction of sp³-hybridized carbons (Fsp3) is 0.278. The number of nitrogens with zero attached hydrogens (tertiary/aromatic N) is 1. The Kier molecular flexibility index (Phi) is 6.62. The van der Waals surface area contributed by atoms with Crippen molar-refractivity contribution in [1.29, 1.82) is 0 Å². The third-order valence-electron chi connectivity index (χ3n) is 3.74. The number of hydrogen-bond donors (Lipinski definition) is 1. The van der Waals surface area contributed by atoms with Crippen molar-refractivity contribution in [3.63, 3.8) is 0 Å². The molecule has 7 nitrogen and oxygen atoms in total. The van der Waals surface area contributed by atoms with Crippen molar-refractivity contribution in [2.45, 2.75) is 0 Å². The number of hydrogen-bond acceptors (Lipinski definition) is 5. The Balaban J connectivity index is 2.18. The summed E-state index contributed by atoms with van der Waals surface area (Å²) in [4.78, 5) is 12.1. The highest BCUT2D eigenvalue weighted by Gasteiger charge is 2.22. The molecule has 0 saturated heterocycles. The molecule has 0 heterocycles. The Morgan fingerprint density at radius 1 is 1.15 bits per heavy atom. The van der Waals surface area contributed by atoms with E-state index >= 15 is 0 Å². The van der Waals surface area contributed by atoms with Crippen molar-refractivity contribution >= 4 is 21.6 Å². The number of halogens is 1. The molecule has 1 N–H and O–H groups in total. The molecule has 0 bridgehead atoms. The summed E-state index contributed by atoms with van der Waals surface area (Å²) in [6, 6.07) is 10.0. The smallest absolute Gasteiger partial charge is 0.251 e. The second-order valence-electron chi connectivity index (χ2n) is 5.64. The number of carbonyl (C=O) groups excluding carboxylic acids is 1. The summed E-state index contributed by atoms with van der Waals surface area (Å²) in [5.41, 5.74) is 0.444. The second-order valence-corrected chi connectivity index (χ2v) is 7.55. The first-order chi connectivity index (χ1) is 12.8. The van der Waals surface area contributed by atoms with Gasteiger partial charge in [-0.25, -0.2) is 12.8 Å². The largest absolute Gasteiger partial charge is 0.497 e. The molecular weight excluding hydrogens is 375 g/mol. The second kappa shape index (κ2) is 8.72. The zero-order valence-corrected chi connectivity index (χ0v) is 16.0. The van der Waals surface area contributed by atoms with Gasteiger partial charge in [0.15, 0.2) is 0 Å². The number of ether oxygens (including phenoxy) is 2. The zero-order valence-electron chi connectivity index (χ0n) is 15.2. The number of nitrogens with one attached hydrogen (secondary N) is 1. The molecule has 0 radical (unpaired) electrons. The maximum atomic E-state index is 13.2. The normalized spacial score (nSPS) is 11.0. The van der Waals surface area contributed by atoms with Crippen LogP contribution in [0.1, 0.15) is 10.4 Å². The maximum absolute atomic E-state index is 13.2. The van der Waals surface area contributed by atoms with E-state index in [1.807, 2.05) is 0 Å². The lowest BCUT2D eigenvalue weighted by molar-refractivity contribution is 0.0954. The predicted octanol–water partition coefficient (Wildman–Crippen LogP) is 2.04. The van der Waals surface area contributed by atoms with Crippen LogP contribution in [0, 0.1) is 5.82 Å². The zero-order chi connectivity index (χ0) is 20.0. The van der Waals surface area contributed by atoms with E-state index in [2.05, 4.69) is 5.32 Å². The molecule has 146 valence electrons. The van der Waals surface area contributed by atoms with Gasteiger partial charge in [-0.05, 0) is 30.3 Å². The topological polar surface area (TPSA) is 84.9 Å². The summed E-state index contributed by atoms with van der Waals surface area (Å²) in [6.45, 7) is -0.0216. The Morgan fingerprint density at radius 3 is 2.48 bits per heavy atom. The van der Waals surface area contributed by atoms with Crippen LogP contribution >= 0.6 is 0 Å². The Hall–Kier alpha value is -2.81. The molecule has 0 unspecified atom stereocenters. The first-order valence-electron chi connectivity index (χ1n) is 7.99. The van der Waals surface area contributed by atoms with Crippen molar-refractivity contribution in [1.82, 2.24) is 5.32 Å². The number of rotatable bonds is 8. The summed E-state index contributed by atoms with van der Waals surface area (Å²) in [6.07, 6.45) is 1.06. The van der Waals surface area contributed by atoms with Crippen LogP contribution in [0.4, 0.5) is 10.1 Å². The number of anilines is 1. The highest BCUT2D eigenvalue weighted by atomic mass is 32.2. The van der Waals surface area contributed by atoms with Gasteiger partial charge in [-0.1, -0.05) is 6.07 Å². The van der Waals surface area contributed by atoms with Gasteiger partial charge >= 0.3 is 0 Å². The van der Waals surface area contributed by atoms with Gasteiger partial charge in [-0.15, -0.1) is 0 Å². The average Bonchev–Trinajstić information content (AvgIpc) is 2.63. The van der Waals surface area contributed by atoms with Gasteiger partial charge < -0.3 is 14.8 Å². The number of sulfonamides is 1. The maximum Gasteiger partial charge on any atom is 0.251 e. The summed E-state index contributed by atoms with van der Waals surface area (Å²) >= 11 is 0. The molecule has 0 aliphatic heterocycles. The van der Waals surface area contributed by atoms with Crippen molar-refractivity contribution in [3.8, 4) is 11.5 Å². The third-order valence-corrected chi connectivity index (χ3v) is 4.92. The monoisotopic (exact) mass is 396 g/mol. The van der Waals surface area contributed by atoms with Gasteiger partial charge in [0.25, 0.3) is 5.91 Å². The van der Waals surface area contributed by atoms with E-state index in [1.54, 1.807) is 12.1 Å². The van der Waals surface area contributed by atoms with E-state index in [1.165, 1.54) is 38.5 Å². The van der Waals surface area contributed by atoms with Crippen LogP contribution in [-0.2, 0) is 10.0 Å². The highest BCUT2D eigenvalue weighted by Crippen LogP contribution is 2.33. The molecule has 1 amide bonds. The highest BCUT2D eigenvalue weighted by molar-refractivity contribution is 7.92. The third kappa shape index (κ3) is 5.33. The van der Waals surface area contributed by atoms with E-state index in [4.69, 9.17) is 9.47 Å². The van der Waals surface area contributed by atoms with Crippen molar-refractivity contribution < 1.29 is 27.1 Å². The van der Waals surface area contributed by atoms with Gasteiger partial charge in [0.05, 0.1) is 32.7 Å². The molecule has 27 heavy (non-hydrogen) atoms. The predicted molar refractivity (Wildman–Crippen MR) is 100 cm³/mol. The lowest BCUT2D eigenvalue weighted by Crippen LogP contribution is -2.38. The number of benzene rings is 2. The molecular formula is C18H21FN2O5S. The van der Waals surface area contributed by atoms with Gasteiger partial charge in [0.1, 0.15) is 17.3 Å². The van der Waals surface area contributed by atoms with Crippen LogP contribution in [0.25, 0.3) is 0 Å². The SMILES string of the molecule is COc1ccc(OC)c(N(CCNC(=O)c2cccc(F)c2)S(C)(=O)=O)c1. The van der Waals surface area contributed by atoms with Crippen LogP contribution in [-0.4, -0.2) is 47.9 Å². The molecule has 0 fully saturated rings. The lowest BCUT2D eigenvalue weighted by Gasteiger charge is -2.24. The van der Waals surface area contributed by atoms with Crippen LogP contribution in [0.5, 0.6) is 11.5 Å². The Morgan fingerprint density at radius 2 is 1.89 bits per heavy atom. The van der Waals surface area contributed by atoms with Crippen LogP contribution in [0.15, 0.2) is 42.5 Å². The van der Waals surface area contributed by atoms with Gasteiger partial charge in [-0.3, -0.25) is 9.10 Å². The first-order valence-corrected chi connectivity index (χ1v) is 9.84. The molecule has 9 heteroatoms. The molecule has 0 atom stereocenters. The summed E-state index contributed by atoms with van der Waals surface area (Å²) < 4.78 is 49.2. The molecule has 0 aromatic heterocycles. The molecule has 0 spiro atoms.